The summed E-state index contributed by atoms with van der Waals surface area (Å²) in [7, 11) is 0. The van der Waals surface area contributed by atoms with E-state index in [0.717, 1.165) is 6.42 Å². The largest absolute Gasteiger partial charge is 0.338 e. The van der Waals surface area contributed by atoms with Gasteiger partial charge in [-0.05, 0) is 26.2 Å². The molecule has 0 aromatic carbocycles. The van der Waals surface area contributed by atoms with Gasteiger partial charge in [-0.2, -0.15) is 0 Å². The Balaban J connectivity index is 2.94. The molecule has 0 radical (unpaired) electrons. The minimum absolute atomic E-state index is 0.0694. The third-order valence-corrected chi connectivity index (χ3v) is 3.46. The smallest absolute Gasteiger partial charge is 0.321 e. The van der Waals surface area contributed by atoms with Gasteiger partial charge in [-0.25, -0.2) is 9.78 Å². The monoisotopic (exact) mass is 342 g/mol. The van der Waals surface area contributed by atoms with Crippen molar-refractivity contribution in [3.8, 4) is 0 Å². The van der Waals surface area contributed by atoms with Crippen LogP contribution in [0.4, 0.5) is 10.5 Å². The Kier molecular flexibility index (Phi) is 6.44. The summed E-state index contributed by atoms with van der Waals surface area (Å²) in [6.07, 6.45) is 0.763. The Hall–Kier alpha value is -2.22. The van der Waals surface area contributed by atoms with Crippen molar-refractivity contribution in [3.63, 3.8) is 0 Å². The minimum Gasteiger partial charge on any atom is -0.338 e. The number of urea groups is 1. The van der Waals surface area contributed by atoms with Gasteiger partial charge in [0.05, 0.1) is 10.5 Å². The number of nitrogens with one attached hydrogen (secondary N) is 2. The topological polar surface area (TPSA) is 114 Å². The maximum absolute atomic E-state index is 12.2. The number of aryl methyl sites for hydroxylation is 1. The van der Waals surface area contributed by atoms with E-state index < -0.39 is 16.9 Å². The van der Waals surface area contributed by atoms with E-state index in [1.165, 1.54) is 13.8 Å². The predicted molar refractivity (Wildman–Crippen MR) is 85.7 cm³/mol. The van der Waals surface area contributed by atoms with Crippen LogP contribution in [0.25, 0.3) is 0 Å². The Morgan fingerprint density at radius 2 is 1.96 bits per heavy atom. The molecule has 0 saturated heterocycles. The molecule has 1 rings (SSSR count). The molecule has 2 N–H and O–H groups in total. The van der Waals surface area contributed by atoms with Gasteiger partial charge in [0.1, 0.15) is 10.8 Å². The van der Waals surface area contributed by atoms with E-state index in [0.29, 0.717) is 12.5 Å². The molecule has 23 heavy (non-hydrogen) atoms. The fourth-order valence-corrected chi connectivity index (χ4v) is 2.37. The molecule has 1 aromatic rings. The van der Waals surface area contributed by atoms with Gasteiger partial charge < -0.3 is 5.32 Å². The number of amides is 3. The summed E-state index contributed by atoms with van der Waals surface area (Å²) in [5.74, 6) is -0.420. The van der Waals surface area contributed by atoms with Gasteiger partial charge in [0, 0.05) is 12.1 Å². The molecule has 9 heteroatoms. The van der Waals surface area contributed by atoms with Gasteiger partial charge in [0.25, 0.3) is 11.6 Å². The number of pyridine rings is 1. The number of rotatable bonds is 5. The van der Waals surface area contributed by atoms with Crippen LogP contribution in [-0.2, 0) is 0 Å². The summed E-state index contributed by atoms with van der Waals surface area (Å²) < 4.78 is 0. The highest BCUT2D eigenvalue weighted by Crippen LogP contribution is 2.28. The standard InChI is InChI=1S/C14H19ClN4O4/c1-7(2)5-6-16-14(21)18-13(20)10-8(3)11(19(22)23)9(4)17-12(10)15/h7H,5-6H2,1-4H3,(H2,16,18,20,21). The van der Waals surface area contributed by atoms with Crippen molar-refractivity contribution in [1.29, 1.82) is 0 Å². The Bertz CT molecular complexity index is 646. The number of halogens is 1. The van der Waals surface area contributed by atoms with E-state index in [9.17, 15) is 19.7 Å². The molecule has 8 nitrogen and oxygen atoms in total. The van der Waals surface area contributed by atoms with Crippen molar-refractivity contribution in [3.05, 3.63) is 32.1 Å². The highest BCUT2D eigenvalue weighted by Gasteiger charge is 2.26. The van der Waals surface area contributed by atoms with Crippen LogP contribution >= 0.6 is 11.6 Å². The number of hydrogen-bond donors (Lipinski definition) is 2. The first kappa shape index (κ1) is 18.8. The normalized spacial score (nSPS) is 10.5. The van der Waals surface area contributed by atoms with E-state index >= 15 is 0 Å². The van der Waals surface area contributed by atoms with Crippen LogP contribution in [0.15, 0.2) is 0 Å². The second kappa shape index (κ2) is 7.87. The van der Waals surface area contributed by atoms with E-state index in [1.54, 1.807) is 0 Å². The lowest BCUT2D eigenvalue weighted by atomic mass is 10.1. The highest BCUT2D eigenvalue weighted by atomic mass is 35.5. The molecule has 126 valence electrons. The molecular weight excluding hydrogens is 324 g/mol. The maximum Gasteiger partial charge on any atom is 0.321 e. The Morgan fingerprint density at radius 3 is 2.48 bits per heavy atom. The third kappa shape index (κ3) is 4.88. The van der Waals surface area contributed by atoms with E-state index in [2.05, 4.69) is 15.6 Å². The van der Waals surface area contributed by atoms with Gasteiger partial charge in [-0.3, -0.25) is 20.2 Å². The van der Waals surface area contributed by atoms with Crippen LogP contribution in [0.5, 0.6) is 0 Å². The zero-order chi connectivity index (χ0) is 17.7. The van der Waals surface area contributed by atoms with Crippen molar-refractivity contribution in [2.45, 2.75) is 34.1 Å². The van der Waals surface area contributed by atoms with Gasteiger partial charge in [0.2, 0.25) is 0 Å². The molecule has 0 bridgehead atoms. The van der Waals surface area contributed by atoms with E-state index in [1.807, 2.05) is 13.8 Å². The molecular formula is C14H19ClN4O4. The van der Waals surface area contributed by atoms with Gasteiger partial charge in [0.15, 0.2) is 0 Å². The molecule has 0 saturated carbocycles. The summed E-state index contributed by atoms with van der Waals surface area (Å²) in [4.78, 5) is 38.1. The quantitative estimate of drug-likeness (QED) is 0.485. The van der Waals surface area contributed by atoms with Gasteiger partial charge in [-0.15, -0.1) is 0 Å². The molecule has 0 atom stereocenters. The van der Waals surface area contributed by atoms with Crippen LogP contribution in [-0.4, -0.2) is 28.4 Å². The molecule has 0 aliphatic heterocycles. The summed E-state index contributed by atoms with van der Waals surface area (Å²) in [6.45, 7) is 7.24. The van der Waals surface area contributed by atoms with Gasteiger partial charge in [-0.1, -0.05) is 25.4 Å². The van der Waals surface area contributed by atoms with Crippen LogP contribution in [0.1, 0.15) is 41.9 Å². The fraction of sp³-hybridized carbons (Fsp3) is 0.500. The third-order valence-electron chi connectivity index (χ3n) is 3.19. The average Bonchev–Trinajstić information content (AvgIpc) is 2.36. The average molecular weight is 343 g/mol. The number of carbonyl (C=O) groups is 2. The number of carbonyl (C=O) groups excluding carboxylic acids is 2. The number of hydrogen-bond acceptors (Lipinski definition) is 5. The number of aromatic nitrogens is 1. The van der Waals surface area contributed by atoms with E-state index in [-0.39, 0.29) is 27.7 Å². The molecule has 1 aromatic heterocycles. The first-order chi connectivity index (χ1) is 10.6. The minimum atomic E-state index is -0.829. The van der Waals surface area contributed by atoms with Crippen molar-refractivity contribution >= 4 is 29.2 Å². The van der Waals surface area contributed by atoms with Crippen molar-refractivity contribution < 1.29 is 14.5 Å². The zero-order valence-electron chi connectivity index (χ0n) is 13.4. The van der Waals surface area contributed by atoms with Gasteiger partial charge >= 0.3 is 6.03 Å². The maximum atomic E-state index is 12.2. The number of nitro groups is 1. The second-order valence-corrected chi connectivity index (χ2v) is 5.84. The molecule has 0 spiro atoms. The molecule has 0 aliphatic rings. The number of imide groups is 1. The zero-order valence-corrected chi connectivity index (χ0v) is 14.2. The lowest BCUT2D eigenvalue weighted by Crippen LogP contribution is -2.40. The van der Waals surface area contributed by atoms with Crippen LogP contribution < -0.4 is 10.6 Å². The molecule has 0 aliphatic carbocycles. The second-order valence-electron chi connectivity index (χ2n) is 5.49. The molecule has 0 fully saturated rings. The first-order valence-corrected chi connectivity index (χ1v) is 7.43. The highest BCUT2D eigenvalue weighted by molar-refractivity contribution is 6.33. The summed E-state index contributed by atoms with van der Waals surface area (Å²) in [5, 5.41) is 15.5. The number of nitrogens with zero attached hydrogens (tertiary/aromatic N) is 2. The summed E-state index contributed by atoms with van der Waals surface area (Å²) in [6, 6.07) is -0.686. The fourth-order valence-electron chi connectivity index (χ4n) is 2.02. The van der Waals surface area contributed by atoms with Crippen molar-refractivity contribution in [2.75, 3.05) is 6.54 Å². The van der Waals surface area contributed by atoms with Crippen molar-refractivity contribution in [1.82, 2.24) is 15.6 Å². The summed E-state index contributed by atoms with van der Waals surface area (Å²) >= 11 is 5.91. The Labute approximate surface area is 138 Å². The van der Waals surface area contributed by atoms with Crippen LogP contribution in [0.2, 0.25) is 5.15 Å². The summed E-state index contributed by atoms with van der Waals surface area (Å²) in [5.41, 5.74) is -0.293. The van der Waals surface area contributed by atoms with E-state index in [4.69, 9.17) is 11.6 Å². The van der Waals surface area contributed by atoms with Crippen LogP contribution in [0.3, 0.4) is 0 Å². The first-order valence-electron chi connectivity index (χ1n) is 7.05. The predicted octanol–water partition coefficient (Wildman–Crippen LogP) is 2.75. The molecule has 3 amide bonds. The Morgan fingerprint density at radius 1 is 1.35 bits per heavy atom. The lowest BCUT2D eigenvalue weighted by Gasteiger charge is -2.11. The molecule has 0 unspecified atom stereocenters. The molecule has 1 heterocycles. The van der Waals surface area contributed by atoms with Crippen LogP contribution in [0, 0.1) is 29.9 Å². The van der Waals surface area contributed by atoms with Crippen molar-refractivity contribution in [2.24, 2.45) is 5.92 Å². The SMILES string of the molecule is Cc1nc(Cl)c(C(=O)NC(=O)NCCC(C)C)c(C)c1[N+](=O)[O-]. The lowest BCUT2D eigenvalue weighted by molar-refractivity contribution is -0.386.